The van der Waals surface area contributed by atoms with E-state index in [1.165, 1.54) is 24.3 Å². The van der Waals surface area contributed by atoms with Gasteiger partial charge in [-0.3, -0.25) is 14.9 Å². The van der Waals surface area contributed by atoms with E-state index in [9.17, 15) is 20.1 Å². The summed E-state index contributed by atoms with van der Waals surface area (Å²) < 4.78 is 0. The molecule has 2 aromatic rings. The van der Waals surface area contributed by atoms with Crippen molar-refractivity contribution in [2.45, 2.75) is 27.2 Å². The predicted octanol–water partition coefficient (Wildman–Crippen LogP) is 3.97. The van der Waals surface area contributed by atoms with Crippen molar-refractivity contribution < 1.29 is 14.9 Å². The summed E-state index contributed by atoms with van der Waals surface area (Å²) in [7, 11) is 0. The van der Waals surface area contributed by atoms with E-state index in [1.807, 2.05) is 32.9 Å². The minimum atomic E-state index is -0.510. The van der Waals surface area contributed by atoms with E-state index >= 15 is 0 Å². The summed E-state index contributed by atoms with van der Waals surface area (Å²) in [5.41, 5.74) is 4.02. The molecule has 6 nitrogen and oxygen atoms in total. The number of carbonyl (C=O) groups is 1. The molecule has 6 heteroatoms. The second-order valence-corrected chi connectivity index (χ2v) is 5.72. The summed E-state index contributed by atoms with van der Waals surface area (Å²) in [6.07, 6.45) is -0.0843. The van der Waals surface area contributed by atoms with Crippen molar-refractivity contribution in [2.24, 2.45) is 5.16 Å². The van der Waals surface area contributed by atoms with E-state index in [1.54, 1.807) is 0 Å². The van der Waals surface area contributed by atoms with Gasteiger partial charge in [0.2, 0.25) is 0 Å². The third-order valence-electron chi connectivity index (χ3n) is 3.82. The van der Waals surface area contributed by atoms with Gasteiger partial charge in [-0.05, 0) is 44.0 Å². The Morgan fingerprint density at radius 3 is 2.12 bits per heavy atom. The maximum absolute atomic E-state index is 12.6. The van der Waals surface area contributed by atoms with Gasteiger partial charge in [-0.15, -0.1) is 0 Å². The highest BCUT2D eigenvalue weighted by atomic mass is 16.6. The number of hydrogen-bond acceptors (Lipinski definition) is 5. The molecule has 0 radical (unpaired) electrons. The first-order valence-electron chi connectivity index (χ1n) is 7.40. The zero-order valence-electron chi connectivity index (χ0n) is 13.7. The van der Waals surface area contributed by atoms with Gasteiger partial charge in [0.15, 0.2) is 5.78 Å². The summed E-state index contributed by atoms with van der Waals surface area (Å²) in [5.74, 6) is -0.156. The molecule has 0 saturated carbocycles. The molecule has 0 amide bonds. The van der Waals surface area contributed by atoms with Crippen LogP contribution in [0.2, 0.25) is 0 Å². The van der Waals surface area contributed by atoms with E-state index in [-0.39, 0.29) is 23.6 Å². The van der Waals surface area contributed by atoms with Gasteiger partial charge in [-0.25, -0.2) is 0 Å². The number of benzene rings is 2. The van der Waals surface area contributed by atoms with Crippen molar-refractivity contribution in [3.8, 4) is 0 Å². The average Bonchev–Trinajstić information content (AvgIpc) is 2.51. The zero-order chi connectivity index (χ0) is 17.9. The van der Waals surface area contributed by atoms with Gasteiger partial charge in [0.05, 0.1) is 17.1 Å². The molecular formula is C18H18N2O4. The number of nitro benzene ring substituents is 1. The Hall–Kier alpha value is -3.02. The van der Waals surface area contributed by atoms with Gasteiger partial charge in [0.25, 0.3) is 5.69 Å². The Morgan fingerprint density at radius 2 is 1.67 bits per heavy atom. The van der Waals surface area contributed by atoms with Crippen LogP contribution in [0.4, 0.5) is 5.69 Å². The van der Waals surface area contributed by atoms with E-state index in [0.29, 0.717) is 11.1 Å². The molecule has 2 rings (SSSR count). The number of nitro groups is 1. The number of non-ortho nitro benzene ring substituents is 1. The normalized spacial score (nSPS) is 11.4. The monoisotopic (exact) mass is 326 g/mol. The molecule has 0 bridgehead atoms. The van der Waals surface area contributed by atoms with E-state index < -0.39 is 4.92 Å². The lowest BCUT2D eigenvalue weighted by Crippen LogP contribution is -2.12. The Balaban J connectivity index is 2.28. The molecule has 0 heterocycles. The highest BCUT2D eigenvalue weighted by molar-refractivity contribution is 6.16. The van der Waals surface area contributed by atoms with Gasteiger partial charge in [-0.1, -0.05) is 22.9 Å². The van der Waals surface area contributed by atoms with Crippen LogP contribution < -0.4 is 0 Å². The Kier molecular flexibility index (Phi) is 5.08. The molecule has 1 N–H and O–H groups in total. The van der Waals surface area contributed by atoms with Crippen LogP contribution in [0.1, 0.15) is 39.0 Å². The third-order valence-corrected chi connectivity index (χ3v) is 3.82. The molecule has 0 saturated heterocycles. The molecular weight excluding hydrogens is 308 g/mol. The summed E-state index contributed by atoms with van der Waals surface area (Å²) in [4.78, 5) is 22.8. The molecule has 0 atom stereocenters. The van der Waals surface area contributed by atoms with E-state index in [0.717, 1.165) is 16.7 Å². The minimum Gasteiger partial charge on any atom is -0.411 e. The van der Waals surface area contributed by atoms with Gasteiger partial charge < -0.3 is 5.21 Å². The van der Waals surface area contributed by atoms with Gasteiger partial charge >= 0.3 is 0 Å². The molecule has 0 fully saturated rings. The van der Waals surface area contributed by atoms with Gasteiger partial charge in [-0.2, -0.15) is 0 Å². The van der Waals surface area contributed by atoms with Crippen molar-refractivity contribution in [3.05, 3.63) is 74.3 Å². The largest absolute Gasteiger partial charge is 0.411 e. The number of hydrogen-bond donors (Lipinski definition) is 1. The number of rotatable bonds is 5. The number of oxime groups is 1. The number of ketones is 1. The minimum absolute atomic E-state index is 0.0624. The van der Waals surface area contributed by atoms with Crippen LogP contribution in [0.5, 0.6) is 0 Å². The molecule has 0 aliphatic carbocycles. The number of Topliss-reactive ketones (excluding diaryl/α,β-unsaturated/α-hetero) is 1. The summed E-state index contributed by atoms with van der Waals surface area (Å²) in [6.45, 7) is 5.70. The fourth-order valence-corrected chi connectivity index (χ4v) is 2.83. The van der Waals surface area contributed by atoms with Crippen LogP contribution in [0, 0.1) is 30.9 Å². The average molecular weight is 326 g/mol. The van der Waals surface area contributed by atoms with Crippen molar-refractivity contribution in [1.82, 2.24) is 0 Å². The Bertz CT molecular complexity index is 800. The van der Waals surface area contributed by atoms with Crippen LogP contribution in [0.25, 0.3) is 0 Å². The highest BCUT2D eigenvalue weighted by Crippen LogP contribution is 2.20. The molecule has 0 aliphatic rings. The Labute approximate surface area is 139 Å². The lowest BCUT2D eigenvalue weighted by atomic mass is 9.93. The third kappa shape index (κ3) is 3.65. The quantitative estimate of drug-likeness (QED) is 0.296. The van der Waals surface area contributed by atoms with Gasteiger partial charge in [0, 0.05) is 23.3 Å². The molecule has 124 valence electrons. The topological polar surface area (TPSA) is 92.8 Å². The standard InChI is InChI=1S/C18H18N2O4/c1-11-8-12(2)18(13(3)9-11)17(21)10-16(19-22)14-4-6-15(7-5-14)20(23)24/h4-9,22H,10H2,1-3H3/b19-16-. The van der Waals surface area contributed by atoms with Crippen molar-refractivity contribution >= 4 is 17.2 Å². The fraction of sp³-hybridized carbons (Fsp3) is 0.222. The fourth-order valence-electron chi connectivity index (χ4n) is 2.83. The lowest BCUT2D eigenvalue weighted by molar-refractivity contribution is -0.384. The van der Waals surface area contributed by atoms with Crippen LogP contribution >= 0.6 is 0 Å². The van der Waals surface area contributed by atoms with Crippen molar-refractivity contribution in [1.29, 1.82) is 0 Å². The smallest absolute Gasteiger partial charge is 0.269 e. The van der Waals surface area contributed by atoms with Crippen molar-refractivity contribution in [3.63, 3.8) is 0 Å². The van der Waals surface area contributed by atoms with Crippen LogP contribution in [0.3, 0.4) is 0 Å². The van der Waals surface area contributed by atoms with Crippen molar-refractivity contribution in [2.75, 3.05) is 0 Å². The predicted molar refractivity (Wildman–Crippen MR) is 91.0 cm³/mol. The number of aryl methyl sites for hydroxylation is 3. The second-order valence-electron chi connectivity index (χ2n) is 5.72. The zero-order valence-corrected chi connectivity index (χ0v) is 13.7. The summed E-state index contributed by atoms with van der Waals surface area (Å²) in [5, 5.41) is 23.1. The first-order chi connectivity index (χ1) is 11.3. The van der Waals surface area contributed by atoms with E-state index in [2.05, 4.69) is 5.16 Å². The van der Waals surface area contributed by atoms with E-state index in [4.69, 9.17) is 0 Å². The first-order valence-corrected chi connectivity index (χ1v) is 7.40. The lowest BCUT2D eigenvalue weighted by Gasteiger charge is -2.11. The SMILES string of the molecule is Cc1cc(C)c(C(=O)C/C(=N/O)c2ccc([N+](=O)[O-])cc2)c(C)c1. The molecule has 0 unspecified atom stereocenters. The maximum atomic E-state index is 12.6. The molecule has 0 aromatic heterocycles. The molecule has 0 aliphatic heterocycles. The number of nitrogens with zero attached hydrogens (tertiary/aromatic N) is 2. The molecule has 24 heavy (non-hydrogen) atoms. The molecule has 0 spiro atoms. The Morgan fingerprint density at radius 1 is 1.12 bits per heavy atom. The first kappa shape index (κ1) is 17.3. The summed E-state index contributed by atoms with van der Waals surface area (Å²) in [6, 6.07) is 9.43. The van der Waals surface area contributed by atoms with Crippen LogP contribution in [-0.2, 0) is 0 Å². The summed E-state index contributed by atoms with van der Waals surface area (Å²) >= 11 is 0. The maximum Gasteiger partial charge on any atom is 0.269 e. The highest BCUT2D eigenvalue weighted by Gasteiger charge is 2.17. The van der Waals surface area contributed by atoms with Crippen LogP contribution in [-0.4, -0.2) is 21.6 Å². The van der Waals surface area contributed by atoms with Crippen LogP contribution in [0.15, 0.2) is 41.6 Å². The second kappa shape index (κ2) is 7.04. The van der Waals surface area contributed by atoms with Gasteiger partial charge in [0.1, 0.15) is 0 Å². The number of carbonyl (C=O) groups excluding carboxylic acids is 1. The molecule has 2 aromatic carbocycles.